The first-order valence-electron chi connectivity index (χ1n) is 21.2. The minimum Gasteiger partial charge on any atom is -0.310 e. The quantitative estimate of drug-likeness (QED) is 0.177. The number of rotatable bonds is 4. The predicted octanol–water partition coefficient (Wildman–Crippen LogP) is 13.8. The first-order chi connectivity index (χ1) is 29.4. The minimum atomic E-state index is -1.02. The number of benzene rings is 9. The zero-order chi connectivity index (χ0) is 40.4. The maximum absolute atomic E-state index is 10.3. The third-order valence-corrected chi connectivity index (χ3v) is 11.8. The highest BCUT2D eigenvalue weighted by Crippen LogP contribution is 2.62. The average Bonchev–Trinajstić information content (AvgIpc) is 3.78. The van der Waals surface area contributed by atoms with Gasteiger partial charge in [0.2, 0.25) is 0 Å². The van der Waals surface area contributed by atoms with Crippen LogP contribution in [0.3, 0.4) is 0 Å². The van der Waals surface area contributed by atoms with Crippen molar-refractivity contribution in [2.45, 2.75) is 5.41 Å². The van der Waals surface area contributed by atoms with Crippen molar-refractivity contribution in [1.82, 2.24) is 4.57 Å². The van der Waals surface area contributed by atoms with Gasteiger partial charge in [-0.2, -0.15) is 0 Å². The Morgan fingerprint density at radius 2 is 1.00 bits per heavy atom. The van der Waals surface area contributed by atoms with Crippen molar-refractivity contribution in [2.75, 3.05) is 4.90 Å². The van der Waals surface area contributed by atoms with Crippen LogP contribution in [0, 0.1) is 0 Å². The van der Waals surface area contributed by atoms with E-state index >= 15 is 0 Å². The van der Waals surface area contributed by atoms with Gasteiger partial charge in [-0.05, 0) is 98.4 Å². The Hall–Kier alpha value is -7.16. The van der Waals surface area contributed by atoms with E-state index in [2.05, 4.69) is 89.5 Å². The highest BCUT2D eigenvalue weighted by molar-refractivity contribution is 6.14. The monoisotopic (exact) mass is 703 g/mol. The van der Waals surface area contributed by atoms with Gasteiger partial charge in [0.1, 0.15) is 0 Å². The van der Waals surface area contributed by atoms with Gasteiger partial charge in [-0.25, -0.2) is 0 Å². The third kappa shape index (κ3) is 4.03. The molecule has 2 aliphatic carbocycles. The fourth-order valence-electron chi connectivity index (χ4n) is 9.63. The van der Waals surface area contributed by atoms with Crippen molar-refractivity contribution >= 4 is 49.6 Å². The van der Waals surface area contributed by atoms with E-state index in [1.807, 2.05) is 95.9 Å². The smallest absolute Gasteiger partial charge is 0.0725 e. The lowest BCUT2D eigenvalue weighted by Crippen LogP contribution is -2.32. The molecule has 0 atom stereocenters. The third-order valence-electron chi connectivity index (χ3n) is 11.8. The molecule has 55 heavy (non-hydrogen) atoms. The van der Waals surface area contributed by atoms with E-state index in [1.165, 1.54) is 0 Å². The molecular formula is C53H34N2. The van der Waals surface area contributed by atoms with Gasteiger partial charge < -0.3 is 9.47 Å². The van der Waals surface area contributed by atoms with E-state index in [-0.39, 0.29) is 30.2 Å². The summed E-state index contributed by atoms with van der Waals surface area (Å²) in [5, 5.41) is 3.13. The first-order valence-corrected chi connectivity index (χ1v) is 18.7. The zero-order valence-corrected chi connectivity index (χ0v) is 29.6. The summed E-state index contributed by atoms with van der Waals surface area (Å²) in [6.07, 6.45) is 0. The summed E-state index contributed by atoms with van der Waals surface area (Å²) >= 11 is 0. The van der Waals surface area contributed by atoms with Gasteiger partial charge in [-0.3, -0.25) is 0 Å². The van der Waals surface area contributed by atoms with Crippen LogP contribution < -0.4 is 4.90 Å². The SMILES string of the molecule is [2H]c1c([2H])c2c3c(c([2H])c([2H])c(N(c4ccccc4)c4ccc5c6ccccc6n(-c6ccccc6)c5c4)c3c1[2H])C1(c3ccccc3-c3ccccc31)c1ccccc1-2. The van der Waals surface area contributed by atoms with E-state index in [4.69, 9.17) is 0 Å². The normalized spacial score (nSPS) is 14.5. The van der Waals surface area contributed by atoms with Crippen LogP contribution in [0.25, 0.3) is 60.5 Å². The van der Waals surface area contributed by atoms with Gasteiger partial charge in [0.15, 0.2) is 0 Å². The Balaban J connectivity index is 1.26. The molecule has 1 aromatic heterocycles. The molecule has 0 bridgehead atoms. The van der Waals surface area contributed by atoms with Crippen molar-refractivity contribution in [3.05, 3.63) is 228 Å². The average molecular weight is 704 g/mol. The minimum absolute atomic E-state index is 0.0247. The van der Waals surface area contributed by atoms with Crippen LogP contribution in [0.1, 0.15) is 29.1 Å². The van der Waals surface area contributed by atoms with Crippen molar-refractivity contribution in [3.8, 4) is 27.9 Å². The maximum Gasteiger partial charge on any atom is 0.0725 e. The van der Waals surface area contributed by atoms with E-state index in [0.29, 0.717) is 27.6 Å². The summed E-state index contributed by atoms with van der Waals surface area (Å²) in [4.78, 5) is 1.99. The molecule has 1 spiro atoms. The lowest BCUT2D eigenvalue weighted by atomic mass is 9.61. The molecule has 256 valence electrons. The van der Waals surface area contributed by atoms with Gasteiger partial charge in [-0.15, -0.1) is 0 Å². The highest BCUT2D eigenvalue weighted by atomic mass is 15.1. The molecule has 0 unspecified atom stereocenters. The fourth-order valence-corrected chi connectivity index (χ4v) is 9.63. The Morgan fingerprint density at radius 3 is 1.71 bits per heavy atom. The van der Waals surface area contributed by atoms with Gasteiger partial charge in [0.25, 0.3) is 0 Å². The number of aromatic nitrogens is 1. The molecule has 2 heteroatoms. The van der Waals surface area contributed by atoms with E-state index in [0.717, 1.165) is 72.2 Å². The second-order valence-corrected chi connectivity index (χ2v) is 14.4. The molecule has 12 rings (SSSR count). The lowest BCUT2D eigenvalue weighted by molar-refractivity contribution is 0.773. The molecule has 0 fully saturated rings. The van der Waals surface area contributed by atoms with Crippen molar-refractivity contribution in [2.24, 2.45) is 0 Å². The van der Waals surface area contributed by atoms with Crippen LogP contribution in [0.2, 0.25) is 0 Å². The Bertz CT molecular complexity index is 3400. The van der Waals surface area contributed by atoms with Gasteiger partial charge in [-0.1, -0.05) is 158 Å². The molecule has 0 saturated carbocycles. The second kappa shape index (κ2) is 11.4. The van der Waals surface area contributed by atoms with E-state index in [9.17, 15) is 6.85 Å². The molecule has 9 aromatic carbocycles. The summed E-state index contributed by atoms with van der Waals surface area (Å²) in [6, 6.07) is 59.0. The molecule has 0 amide bonds. The van der Waals surface area contributed by atoms with Crippen molar-refractivity contribution < 1.29 is 6.85 Å². The lowest BCUT2D eigenvalue weighted by Gasteiger charge is -2.40. The van der Waals surface area contributed by atoms with E-state index < -0.39 is 5.41 Å². The largest absolute Gasteiger partial charge is 0.310 e. The number of hydrogen-bond acceptors (Lipinski definition) is 1. The maximum atomic E-state index is 10.3. The van der Waals surface area contributed by atoms with Crippen LogP contribution in [-0.4, -0.2) is 4.57 Å². The van der Waals surface area contributed by atoms with Crippen LogP contribution in [0.4, 0.5) is 17.1 Å². The van der Waals surface area contributed by atoms with Crippen LogP contribution in [0.5, 0.6) is 0 Å². The van der Waals surface area contributed by atoms with Crippen molar-refractivity contribution in [3.63, 3.8) is 0 Å². The molecule has 0 radical (unpaired) electrons. The fraction of sp³-hybridized carbons (Fsp3) is 0.0189. The molecule has 2 aliphatic rings. The predicted molar refractivity (Wildman–Crippen MR) is 229 cm³/mol. The van der Waals surface area contributed by atoms with Gasteiger partial charge in [0, 0.05) is 33.2 Å². The van der Waals surface area contributed by atoms with Gasteiger partial charge >= 0.3 is 0 Å². The molecular weight excluding hydrogens is 665 g/mol. The molecule has 1 heterocycles. The highest BCUT2D eigenvalue weighted by Gasteiger charge is 2.50. The van der Waals surface area contributed by atoms with Gasteiger partial charge in [0.05, 0.1) is 29.0 Å². The summed E-state index contributed by atoms with van der Waals surface area (Å²) < 4.78 is 51.7. The molecule has 0 aliphatic heterocycles. The number of nitrogens with zero attached hydrogens (tertiary/aromatic N) is 2. The first kappa shape index (κ1) is 25.8. The zero-order valence-electron chi connectivity index (χ0n) is 34.6. The summed E-state index contributed by atoms with van der Waals surface area (Å²) in [5.74, 6) is 0. The Kier molecular flexibility index (Phi) is 5.35. The molecule has 0 saturated heterocycles. The number of para-hydroxylation sites is 3. The van der Waals surface area contributed by atoms with Crippen LogP contribution in [0.15, 0.2) is 206 Å². The standard InChI is InChI=1S/C53H34N2/c1-3-16-35(17-4-1)54(37-30-31-42-41-23-10-14-29-49(41)55(51(42)34-37)36-18-5-2-6-19-36)50-33-32-48-52-43(24-15-25-44(50)52)40-22-9-13-28-47(40)53(48)45-26-11-7-20-38(45)39-21-8-12-27-46(39)53/h1-34H/i15D,24D,25D,32D,33D. The number of hydrogen-bond donors (Lipinski definition) is 0. The van der Waals surface area contributed by atoms with Crippen LogP contribution >= 0.6 is 0 Å². The molecule has 0 N–H and O–H groups in total. The second-order valence-electron chi connectivity index (χ2n) is 14.4. The molecule has 2 nitrogen and oxygen atoms in total. The molecule has 10 aromatic rings. The summed E-state index contributed by atoms with van der Waals surface area (Å²) in [5.41, 5.74) is 10.7. The van der Waals surface area contributed by atoms with Crippen molar-refractivity contribution in [1.29, 1.82) is 0 Å². The topological polar surface area (TPSA) is 8.17 Å². The number of anilines is 3. The Morgan fingerprint density at radius 1 is 0.418 bits per heavy atom. The summed E-state index contributed by atoms with van der Waals surface area (Å²) in [6.45, 7) is 0. The summed E-state index contributed by atoms with van der Waals surface area (Å²) in [7, 11) is 0. The van der Waals surface area contributed by atoms with Crippen LogP contribution in [-0.2, 0) is 5.41 Å². The number of fused-ring (bicyclic) bond motifs is 12. The Labute approximate surface area is 326 Å². The van der Waals surface area contributed by atoms with E-state index in [1.54, 1.807) is 0 Å².